The number of halogens is 1. The van der Waals surface area contributed by atoms with E-state index in [-0.39, 0.29) is 30.3 Å². The number of para-hydroxylation sites is 1. The molecule has 37 heavy (non-hydrogen) atoms. The van der Waals surface area contributed by atoms with Crippen molar-refractivity contribution >= 4 is 5.65 Å². The van der Waals surface area contributed by atoms with E-state index >= 15 is 0 Å². The van der Waals surface area contributed by atoms with Gasteiger partial charge in [-0.25, -0.2) is 9.18 Å². The minimum atomic E-state index is -0.333. The lowest BCUT2D eigenvalue weighted by molar-refractivity contribution is -0.504. The average molecular weight is 497 g/mol. The standard InChI is InChI=1S/C30H25FN2O4/c1-20-29(23-10-4-6-12-25(23)34)32-16-8-7-13-28(32)33(30(20)35)18-21-14-15-26(27(17-21)36-2)37-19-22-9-3-5-11-24(22)31/h3-17H,18-19H2,1-2H3. The number of hydrogen-bond acceptors (Lipinski definition) is 4. The second-order valence-corrected chi connectivity index (χ2v) is 8.66. The first-order valence-electron chi connectivity index (χ1n) is 11.8. The van der Waals surface area contributed by atoms with Crippen LogP contribution in [0.3, 0.4) is 0 Å². The minimum Gasteiger partial charge on any atom is -0.872 e. The van der Waals surface area contributed by atoms with Crippen molar-refractivity contribution in [2.24, 2.45) is 0 Å². The van der Waals surface area contributed by atoms with Crippen LogP contribution in [0.1, 0.15) is 16.7 Å². The van der Waals surface area contributed by atoms with Gasteiger partial charge in [0.1, 0.15) is 24.7 Å². The van der Waals surface area contributed by atoms with Crippen molar-refractivity contribution in [3.8, 4) is 28.5 Å². The van der Waals surface area contributed by atoms with Crippen molar-refractivity contribution < 1.29 is 23.4 Å². The first-order chi connectivity index (χ1) is 18.0. The van der Waals surface area contributed by atoms with Crippen molar-refractivity contribution in [1.82, 2.24) is 4.57 Å². The highest BCUT2D eigenvalue weighted by Crippen LogP contribution is 2.30. The van der Waals surface area contributed by atoms with E-state index in [1.54, 1.807) is 60.0 Å². The molecule has 0 spiro atoms. The van der Waals surface area contributed by atoms with Gasteiger partial charge in [-0.15, -0.1) is 0 Å². The number of benzene rings is 3. The van der Waals surface area contributed by atoms with Gasteiger partial charge in [0.15, 0.2) is 11.5 Å². The van der Waals surface area contributed by atoms with Gasteiger partial charge in [0.2, 0.25) is 0 Å². The molecule has 0 atom stereocenters. The van der Waals surface area contributed by atoms with Crippen LogP contribution in [-0.4, -0.2) is 11.7 Å². The van der Waals surface area contributed by atoms with E-state index in [2.05, 4.69) is 0 Å². The van der Waals surface area contributed by atoms with Gasteiger partial charge in [0, 0.05) is 17.2 Å². The van der Waals surface area contributed by atoms with Crippen LogP contribution in [0, 0.1) is 12.7 Å². The Labute approximate surface area is 213 Å². The predicted molar refractivity (Wildman–Crippen MR) is 136 cm³/mol. The molecular formula is C30H25FN2O4. The van der Waals surface area contributed by atoms with E-state index in [0.29, 0.717) is 39.5 Å². The molecule has 0 radical (unpaired) electrons. The quantitative estimate of drug-likeness (QED) is 0.313. The highest BCUT2D eigenvalue weighted by atomic mass is 19.1. The summed E-state index contributed by atoms with van der Waals surface area (Å²) in [5.74, 6) is 0.475. The number of pyridine rings is 1. The maximum atomic E-state index is 14.0. The Hall–Kier alpha value is -4.65. The highest BCUT2D eigenvalue weighted by molar-refractivity contribution is 5.67. The molecule has 0 fully saturated rings. The zero-order valence-corrected chi connectivity index (χ0v) is 20.5. The lowest BCUT2D eigenvalue weighted by Crippen LogP contribution is -2.38. The van der Waals surface area contributed by atoms with Gasteiger partial charge in [-0.05, 0) is 36.8 Å². The molecule has 2 aromatic heterocycles. The summed E-state index contributed by atoms with van der Waals surface area (Å²) >= 11 is 0. The largest absolute Gasteiger partial charge is 0.872 e. The van der Waals surface area contributed by atoms with Crippen molar-refractivity contribution in [1.29, 1.82) is 0 Å². The fourth-order valence-electron chi connectivity index (χ4n) is 4.46. The Morgan fingerprint density at radius 3 is 2.49 bits per heavy atom. The molecule has 0 saturated carbocycles. The van der Waals surface area contributed by atoms with Crippen molar-refractivity contribution in [2.75, 3.05) is 7.11 Å². The molecule has 5 aromatic rings. The number of methoxy groups -OCH3 is 1. The maximum absolute atomic E-state index is 14.0. The molecular weight excluding hydrogens is 471 g/mol. The third-order valence-electron chi connectivity index (χ3n) is 6.33. The van der Waals surface area contributed by atoms with Crippen LogP contribution in [-0.2, 0) is 13.2 Å². The van der Waals surface area contributed by atoms with Gasteiger partial charge in [-0.3, -0.25) is 0 Å². The molecule has 0 N–H and O–H groups in total. The van der Waals surface area contributed by atoms with Crippen molar-refractivity contribution in [3.63, 3.8) is 0 Å². The van der Waals surface area contributed by atoms with E-state index in [1.807, 2.05) is 34.9 Å². The molecule has 2 heterocycles. The first-order valence-corrected chi connectivity index (χ1v) is 11.8. The summed E-state index contributed by atoms with van der Waals surface area (Å²) in [7, 11) is 1.53. The van der Waals surface area contributed by atoms with Crippen LogP contribution in [0.2, 0.25) is 0 Å². The van der Waals surface area contributed by atoms with Crippen LogP contribution in [0.5, 0.6) is 17.2 Å². The monoisotopic (exact) mass is 496 g/mol. The lowest BCUT2D eigenvalue weighted by Gasteiger charge is -2.16. The molecule has 0 aliphatic carbocycles. The van der Waals surface area contributed by atoms with Gasteiger partial charge in [-0.1, -0.05) is 60.3 Å². The number of ether oxygens (including phenoxy) is 2. The Morgan fingerprint density at radius 2 is 1.70 bits per heavy atom. The molecule has 5 rings (SSSR count). The molecule has 0 unspecified atom stereocenters. The molecule has 186 valence electrons. The van der Waals surface area contributed by atoms with Crippen LogP contribution >= 0.6 is 0 Å². The van der Waals surface area contributed by atoms with Crippen molar-refractivity contribution in [3.05, 3.63) is 124 Å². The number of aromatic nitrogens is 2. The first kappa shape index (κ1) is 24.1. The second-order valence-electron chi connectivity index (χ2n) is 8.66. The highest BCUT2D eigenvalue weighted by Gasteiger charge is 2.23. The van der Waals surface area contributed by atoms with E-state index in [0.717, 1.165) is 5.56 Å². The number of rotatable bonds is 7. The van der Waals surface area contributed by atoms with Crippen LogP contribution < -0.4 is 24.5 Å². The molecule has 6 nitrogen and oxygen atoms in total. The Kier molecular flexibility index (Phi) is 6.60. The Balaban J connectivity index is 1.52. The SMILES string of the molecule is COc1cc(Cn2c(=O)c(C)c(-c3ccccc3[O-])[n+]3ccccc23)ccc1OCc1ccccc1F. The summed E-state index contributed by atoms with van der Waals surface area (Å²) in [6.07, 6.45) is 1.85. The zero-order valence-electron chi connectivity index (χ0n) is 20.5. The molecule has 0 bridgehead atoms. The molecule has 0 aliphatic heterocycles. The van der Waals surface area contributed by atoms with E-state index in [1.165, 1.54) is 19.2 Å². The second kappa shape index (κ2) is 10.1. The predicted octanol–water partition coefficient (Wildman–Crippen LogP) is 4.41. The van der Waals surface area contributed by atoms with Crippen LogP contribution in [0.15, 0.2) is 95.9 Å². The fraction of sp³-hybridized carbons (Fsp3) is 0.133. The van der Waals surface area contributed by atoms with Crippen LogP contribution in [0.25, 0.3) is 16.9 Å². The van der Waals surface area contributed by atoms with E-state index in [9.17, 15) is 14.3 Å². The summed E-state index contributed by atoms with van der Waals surface area (Å²) < 4.78 is 28.9. The average Bonchev–Trinajstić information content (AvgIpc) is 2.92. The summed E-state index contributed by atoms with van der Waals surface area (Å²) in [5.41, 5.74) is 3.25. The summed E-state index contributed by atoms with van der Waals surface area (Å²) in [5, 5.41) is 12.6. The van der Waals surface area contributed by atoms with Gasteiger partial charge in [-0.2, -0.15) is 8.97 Å². The molecule has 0 amide bonds. The summed E-state index contributed by atoms with van der Waals surface area (Å²) in [6, 6.07) is 24.1. The summed E-state index contributed by atoms with van der Waals surface area (Å²) in [6.45, 7) is 2.07. The minimum absolute atomic E-state index is 0.0605. The Morgan fingerprint density at radius 1 is 0.946 bits per heavy atom. The number of hydrogen-bond donors (Lipinski definition) is 0. The smallest absolute Gasteiger partial charge is 0.341 e. The summed E-state index contributed by atoms with van der Waals surface area (Å²) in [4.78, 5) is 13.6. The molecule has 0 aliphatic rings. The van der Waals surface area contributed by atoms with E-state index < -0.39 is 0 Å². The maximum Gasteiger partial charge on any atom is 0.341 e. The molecule has 3 aromatic carbocycles. The third kappa shape index (κ3) is 4.63. The van der Waals surface area contributed by atoms with E-state index in [4.69, 9.17) is 9.47 Å². The van der Waals surface area contributed by atoms with Crippen LogP contribution in [0.4, 0.5) is 4.39 Å². The molecule has 0 saturated heterocycles. The number of fused-ring (bicyclic) bond motifs is 1. The van der Waals surface area contributed by atoms with Gasteiger partial charge in [0.05, 0.1) is 18.9 Å². The third-order valence-corrected chi connectivity index (χ3v) is 6.33. The normalized spacial score (nSPS) is 11.0. The van der Waals surface area contributed by atoms with Crippen molar-refractivity contribution in [2.45, 2.75) is 20.1 Å². The van der Waals surface area contributed by atoms with Gasteiger partial charge in [0.25, 0.3) is 5.65 Å². The van der Waals surface area contributed by atoms with Gasteiger partial charge >= 0.3 is 5.56 Å². The molecule has 7 heteroatoms. The Bertz CT molecular complexity index is 1660. The lowest BCUT2D eigenvalue weighted by atomic mass is 10.1. The topological polar surface area (TPSA) is 67.6 Å². The zero-order chi connectivity index (χ0) is 25.9. The van der Waals surface area contributed by atoms with Gasteiger partial charge < -0.3 is 14.6 Å². The fourth-order valence-corrected chi connectivity index (χ4v) is 4.46. The number of nitrogens with zero attached hydrogens (tertiary/aromatic N) is 2.